The predicted octanol–water partition coefficient (Wildman–Crippen LogP) is 4.70. The highest BCUT2D eigenvalue weighted by molar-refractivity contribution is 7.71. The largest absolute Gasteiger partial charge is 0.250 e. The molecule has 0 atom stereocenters. The average Bonchev–Trinajstić information content (AvgIpc) is 3.22. The number of aromatic nitrogens is 3. The molecule has 0 unspecified atom stereocenters. The van der Waals surface area contributed by atoms with Gasteiger partial charge in [-0.2, -0.15) is 14.9 Å². The molecule has 0 bridgehead atoms. The van der Waals surface area contributed by atoms with Gasteiger partial charge in [-0.3, -0.25) is 0 Å². The lowest BCUT2D eigenvalue weighted by Gasteiger charge is -2.02. The minimum absolute atomic E-state index is 0.477. The molecule has 0 radical (unpaired) electrons. The van der Waals surface area contributed by atoms with Crippen molar-refractivity contribution in [3.05, 3.63) is 70.3 Å². The molecule has 1 N–H and O–H groups in total. The van der Waals surface area contributed by atoms with E-state index in [1.807, 2.05) is 48.0 Å². The Kier molecular flexibility index (Phi) is 3.61. The van der Waals surface area contributed by atoms with Gasteiger partial charge in [0.25, 0.3) is 0 Å². The maximum Gasteiger partial charge on any atom is 0.216 e. The molecule has 0 aliphatic heterocycles. The number of rotatable bonds is 3. The molecule has 23 heavy (non-hydrogen) atoms. The molecule has 4 rings (SSSR count). The molecule has 2 heterocycles. The predicted molar refractivity (Wildman–Crippen MR) is 97.7 cm³/mol. The summed E-state index contributed by atoms with van der Waals surface area (Å²) in [6.07, 6.45) is 1.82. The Hall–Kier alpha value is -2.57. The second kappa shape index (κ2) is 5.91. The zero-order valence-electron chi connectivity index (χ0n) is 12.0. The number of benzene rings is 2. The number of thiophene rings is 1. The van der Waals surface area contributed by atoms with Crippen molar-refractivity contribution in [2.75, 3.05) is 0 Å². The van der Waals surface area contributed by atoms with Gasteiger partial charge in [0.15, 0.2) is 5.82 Å². The maximum atomic E-state index is 5.29. The molecule has 0 saturated heterocycles. The zero-order chi connectivity index (χ0) is 15.6. The molecule has 0 aliphatic carbocycles. The average molecular weight is 336 g/mol. The van der Waals surface area contributed by atoms with Crippen LogP contribution in [0.15, 0.2) is 65.1 Å². The van der Waals surface area contributed by atoms with Crippen LogP contribution in [-0.4, -0.2) is 21.1 Å². The molecule has 0 fully saturated rings. The summed E-state index contributed by atoms with van der Waals surface area (Å²) in [6.45, 7) is 0. The molecule has 0 spiro atoms. The van der Waals surface area contributed by atoms with E-state index in [4.69, 9.17) is 12.2 Å². The Bertz CT molecular complexity index is 1040. The van der Waals surface area contributed by atoms with E-state index < -0.39 is 0 Å². The molecule has 112 valence electrons. The summed E-state index contributed by atoms with van der Waals surface area (Å²) >= 11 is 6.90. The number of hydrogen-bond acceptors (Lipinski definition) is 4. The first kappa shape index (κ1) is 14.0. The van der Waals surface area contributed by atoms with Crippen molar-refractivity contribution in [1.82, 2.24) is 14.9 Å². The second-order valence-corrected chi connectivity index (χ2v) is 6.29. The third kappa shape index (κ3) is 2.62. The van der Waals surface area contributed by atoms with Crippen LogP contribution in [-0.2, 0) is 0 Å². The molecule has 4 aromatic rings. The van der Waals surface area contributed by atoms with E-state index in [-0.39, 0.29) is 0 Å². The standard InChI is InChI=1S/C17H12N4S2/c22-17-20-19-16(15-9-4-10-23-15)21(17)18-11-13-7-3-6-12-5-1-2-8-14(12)13/h1-11H,(H,20,22). The quantitative estimate of drug-likeness (QED) is 0.435. The van der Waals surface area contributed by atoms with Gasteiger partial charge in [0, 0.05) is 5.56 Å². The zero-order valence-corrected chi connectivity index (χ0v) is 13.6. The van der Waals surface area contributed by atoms with Crippen LogP contribution < -0.4 is 0 Å². The maximum absolute atomic E-state index is 5.29. The van der Waals surface area contributed by atoms with Gasteiger partial charge in [-0.05, 0) is 34.4 Å². The minimum atomic E-state index is 0.477. The number of H-pyrrole nitrogens is 1. The minimum Gasteiger partial charge on any atom is -0.250 e. The lowest BCUT2D eigenvalue weighted by atomic mass is 10.1. The first-order valence-corrected chi connectivity index (χ1v) is 8.35. The highest BCUT2D eigenvalue weighted by Crippen LogP contribution is 2.23. The van der Waals surface area contributed by atoms with Crippen molar-refractivity contribution in [3.63, 3.8) is 0 Å². The molecule has 4 nitrogen and oxygen atoms in total. The second-order valence-electron chi connectivity index (χ2n) is 4.95. The summed E-state index contributed by atoms with van der Waals surface area (Å²) in [5, 5.41) is 16.0. The van der Waals surface area contributed by atoms with Crippen molar-refractivity contribution in [2.24, 2.45) is 5.10 Å². The van der Waals surface area contributed by atoms with Gasteiger partial charge < -0.3 is 0 Å². The molecule has 0 saturated carbocycles. The normalized spacial score (nSPS) is 11.5. The van der Waals surface area contributed by atoms with Crippen molar-refractivity contribution >= 4 is 40.5 Å². The molecule has 2 aromatic heterocycles. The fourth-order valence-corrected chi connectivity index (χ4v) is 3.32. The smallest absolute Gasteiger partial charge is 0.216 e. The van der Waals surface area contributed by atoms with Crippen molar-refractivity contribution in [1.29, 1.82) is 0 Å². The van der Waals surface area contributed by atoms with E-state index in [1.165, 1.54) is 5.39 Å². The monoisotopic (exact) mass is 336 g/mol. The fourth-order valence-electron chi connectivity index (χ4n) is 2.45. The lowest BCUT2D eigenvalue weighted by molar-refractivity contribution is 0.873. The van der Waals surface area contributed by atoms with Crippen LogP contribution in [0.3, 0.4) is 0 Å². The fraction of sp³-hybridized carbons (Fsp3) is 0. The van der Waals surface area contributed by atoms with E-state index in [2.05, 4.69) is 33.5 Å². The summed E-state index contributed by atoms with van der Waals surface area (Å²) in [6, 6.07) is 18.4. The third-order valence-corrected chi connectivity index (χ3v) is 4.66. The Morgan fingerprint density at radius 3 is 2.83 bits per heavy atom. The summed E-state index contributed by atoms with van der Waals surface area (Å²) in [5.41, 5.74) is 1.04. The van der Waals surface area contributed by atoms with Crippen LogP contribution in [0.1, 0.15) is 5.56 Å². The molecule has 0 amide bonds. The number of nitrogens with zero attached hydrogens (tertiary/aromatic N) is 3. The van der Waals surface area contributed by atoms with Gasteiger partial charge in [-0.1, -0.05) is 48.5 Å². The molecule has 0 aliphatic rings. The number of fused-ring (bicyclic) bond motifs is 1. The van der Waals surface area contributed by atoms with Crippen LogP contribution in [0.5, 0.6) is 0 Å². The van der Waals surface area contributed by atoms with E-state index in [0.29, 0.717) is 4.77 Å². The summed E-state index contributed by atoms with van der Waals surface area (Å²) in [7, 11) is 0. The summed E-state index contributed by atoms with van der Waals surface area (Å²) in [5.74, 6) is 0.724. The van der Waals surface area contributed by atoms with E-state index >= 15 is 0 Å². The van der Waals surface area contributed by atoms with E-state index in [1.54, 1.807) is 16.0 Å². The Balaban J connectivity index is 1.80. The van der Waals surface area contributed by atoms with E-state index in [9.17, 15) is 0 Å². The van der Waals surface area contributed by atoms with Crippen LogP contribution >= 0.6 is 23.6 Å². The molecular weight excluding hydrogens is 324 g/mol. The van der Waals surface area contributed by atoms with Crippen LogP contribution in [0.2, 0.25) is 0 Å². The number of hydrogen-bond donors (Lipinski definition) is 1. The first-order valence-electron chi connectivity index (χ1n) is 7.06. The SMILES string of the molecule is S=c1[nH]nc(-c2cccs2)n1N=Cc1cccc2ccccc12. The Morgan fingerprint density at radius 2 is 1.96 bits per heavy atom. The number of nitrogens with one attached hydrogen (secondary N) is 1. The molecule has 2 aromatic carbocycles. The van der Waals surface area contributed by atoms with Crippen molar-refractivity contribution in [2.45, 2.75) is 0 Å². The summed E-state index contributed by atoms with van der Waals surface area (Å²) in [4.78, 5) is 1.02. The van der Waals surface area contributed by atoms with Gasteiger partial charge in [-0.15, -0.1) is 11.3 Å². The summed E-state index contributed by atoms with van der Waals surface area (Å²) < 4.78 is 2.13. The third-order valence-electron chi connectivity index (χ3n) is 3.53. The van der Waals surface area contributed by atoms with Gasteiger partial charge in [0.05, 0.1) is 11.1 Å². The highest BCUT2D eigenvalue weighted by atomic mass is 32.1. The van der Waals surface area contributed by atoms with Crippen LogP contribution in [0, 0.1) is 4.77 Å². The van der Waals surface area contributed by atoms with Crippen LogP contribution in [0.4, 0.5) is 0 Å². The van der Waals surface area contributed by atoms with Gasteiger partial charge in [0.1, 0.15) is 0 Å². The molecule has 6 heteroatoms. The molecular formula is C17H12N4S2. The van der Waals surface area contributed by atoms with Gasteiger partial charge in [0.2, 0.25) is 4.77 Å². The number of aromatic amines is 1. The first-order chi connectivity index (χ1) is 11.3. The van der Waals surface area contributed by atoms with Gasteiger partial charge in [-0.25, -0.2) is 5.10 Å². The van der Waals surface area contributed by atoms with E-state index in [0.717, 1.165) is 21.7 Å². The van der Waals surface area contributed by atoms with Crippen LogP contribution in [0.25, 0.3) is 21.5 Å². The van der Waals surface area contributed by atoms with Gasteiger partial charge >= 0.3 is 0 Å². The topological polar surface area (TPSA) is 46.0 Å². The lowest BCUT2D eigenvalue weighted by Crippen LogP contribution is -1.94. The highest BCUT2D eigenvalue weighted by Gasteiger charge is 2.08. The Labute approximate surface area is 141 Å². The van der Waals surface area contributed by atoms with Crippen molar-refractivity contribution in [3.8, 4) is 10.7 Å². The Morgan fingerprint density at radius 1 is 1.09 bits per heavy atom. The van der Waals surface area contributed by atoms with Crippen molar-refractivity contribution < 1.29 is 0 Å².